The van der Waals surface area contributed by atoms with Crippen molar-refractivity contribution < 1.29 is 0 Å². The molecule has 2 nitrogen and oxygen atoms in total. The molecule has 0 amide bonds. The summed E-state index contributed by atoms with van der Waals surface area (Å²) in [7, 11) is 6.79. The second kappa shape index (κ2) is 13.1. The third kappa shape index (κ3) is 13.9. The van der Waals surface area contributed by atoms with Gasteiger partial charge in [0.15, 0.2) is 0 Å². The maximum atomic E-state index is 7.15. The van der Waals surface area contributed by atoms with Crippen LogP contribution >= 0.6 is 33.2 Å². The van der Waals surface area contributed by atoms with Crippen molar-refractivity contribution in [2.24, 2.45) is 11.3 Å². The number of rotatable bonds is 6. The van der Waals surface area contributed by atoms with E-state index in [4.69, 9.17) is 17.6 Å². The summed E-state index contributed by atoms with van der Waals surface area (Å²) >= 11 is 6.66. The Morgan fingerprint density at radius 3 is 2.13 bits per heavy atom. The lowest BCUT2D eigenvalue weighted by Gasteiger charge is -2.29. The van der Waals surface area contributed by atoms with Gasteiger partial charge in [-0.2, -0.15) is 0 Å². The predicted molar refractivity (Wildman–Crippen MR) is 118 cm³/mol. The van der Waals surface area contributed by atoms with Crippen LogP contribution in [-0.2, 0) is 0 Å². The van der Waals surface area contributed by atoms with E-state index >= 15 is 0 Å². The summed E-state index contributed by atoms with van der Waals surface area (Å²) in [6, 6.07) is 0. The maximum Gasteiger partial charge on any atom is 0.135 e. The molecule has 0 fully saturated rings. The van der Waals surface area contributed by atoms with Gasteiger partial charge in [-0.05, 0) is 40.8 Å². The number of nitrogens with one attached hydrogen (secondary N) is 1. The van der Waals surface area contributed by atoms with Crippen LogP contribution in [-0.4, -0.2) is 40.9 Å². The molecule has 5 heteroatoms. The average Bonchev–Trinajstić information content (AvgIpc) is 2.42. The third-order valence-electron chi connectivity index (χ3n) is 3.04. The monoisotopic (exact) mass is 374 g/mol. The van der Waals surface area contributed by atoms with Crippen LogP contribution in [0.15, 0.2) is 24.3 Å². The highest BCUT2D eigenvalue weighted by Crippen LogP contribution is 2.34. The predicted octanol–water partition coefficient (Wildman–Crippen LogP) is 5.65. The summed E-state index contributed by atoms with van der Waals surface area (Å²) < 4.78 is 0.965. The van der Waals surface area contributed by atoms with Gasteiger partial charge < -0.3 is 10.3 Å². The van der Waals surface area contributed by atoms with E-state index in [-0.39, 0.29) is 0 Å². The van der Waals surface area contributed by atoms with Crippen LogP contribution in [0.1, 0.15) is 41.0 Å². The van der Waals surface area contributed by atoms with Gasteiger partial charge in [-0.15, -0.1) is 9.24 Å². The fourth-order valence-electron chi connectivity index (χ4n) is 1.96. The van der Waals surface area contributed by atoms with Crippen molar-refractivity contribution in [2.75, 3.05) is 19.8 Å². The topological polar surface area (TPSA) is 27.1 Å². The molecule has 3 atom stereocenters. The van der Waals surface area contributed by atoms with Crippen molar-refractivity contribution in [3.8, 4) is 0 Å². The Bertz CT molecular complexity index is 396. The summed E-state index contributed by atoms with van der Waals surface area (Å²) in [6.45, 7) is 14.9. The van der Waals surface area contributed by atoms with Crippen molar-refractivity contribution in [2.45, 2.75) is 46.7 Å². The quantitative estimate of drug-likeness (QED) is 0.282. The van der Waals surface area contributed by atoms with E-state index in [1.807, 2.05) is 31.1 Å². The standard InChI is InChI=1S/C13H24NP.C5H11NS2/c1-6-11(7-8-14)12(10(2)15)9-13(3,4)5;1-4-8-5(7)6(2)3/h6-8,10,12,14H,1,9,15H2,2-5H3;4H2,1-3H3/b11-7+,14-8?;. The van der Waals surface area contributed by atoms with Crippen molar-refractivity contribution in [3.05, 3.63) is 24.3 Å². The summed E-state index contributed by atoms with van der Waals surface area (Å²) in [4.78, 5) is 1.95. The van der Waals surface area contributed by atoms with E-state index in [1.165, 1.54) is 11.8 Å². The molecule has 134 valence electrons. The lowest BCUT2D eigenvalue weighted by atomic mass is 9.79. The first-order chi connectivity index (χ1) is 10.5. The SMILES string of the molecule is C=C/C(=C\C=N)C(CC(C)(C)C)C(C)P.CCSC(=S)N(C)C. The molecule has 0 radical (unpaired) electrons. The molecule has 0 aromatic carbocycles. The van der Waals surface area contributed by atoms with Gasteiger partial charge in [0.25, 0.3) is 0 Å². The Morgan fingerprint density at radius 1 is 1.39 bits per heavy atom. The molecule has 3 unspecified atom stereocenters. The Balaban J connectivity index is 0. The van der Waals surface area contributed by atoms with E-state index in [0.717, 1.165) is 16.5 Å². The smallest absolute Gasteiger partial charge is 0.135 e. The molecule has 0 bridgehead atoms. The van der Waals surface area contributed by atoms with Gasteiger partial charge >= 0.3 is 0 Å². The lowest BCUT2D eigenvalue weighted by molar-refractivity contribution is 0.319. The molecule has 0 aromatic heterocycles. The summed E-state index contributed by atoms with van der Waals surface area (Å²) in [6.07, 6.45) is 6.19. The van der Waals surface area contributed by atoms with Crippen LogP contribution in [0.4, 0.5) is 0 Å². The second-order valence-corrected chi connectivity index (χ2v) is 9.81. The number of hydrogen-bond donors (Lipinski definition) is 1. The molecule has 1 N–H and O–H groups in total. The van der Waals surface area contributed by atoms with Gasteiger partial charge in [-0.3, -0.25) is 0 Å². The highest BCUT2D eigenvalue weighted by Gasteiger charge is 2.23. The van der Waals surface area contributed by atoms with Gasteiger partial charge in [0.05, 0.1) is 0 Å². The Hall–Kier alpha value is -0.180. The Morgan fingerprint density at radius 2 is 1.91 bits per heavy atom. The number of thioether (sulfide) groups is 1. The van der Waals surface area contributed by atoms with Gasteiger partial charge in [-0.1, -0.05) is 71.3 Å². The largest absolute Gasteiger partial charge is 0.364 e. The molecular weight excluding hydrogens is 339 g/mol. The van der Waals surface area contributed by atoms with E-state index < -0.39 is 0 Å². The van der Waals surface area contributed by atoms with Gasteiger partial charge in [0.1, 0.15) is 4.32 Å². The average molecular weight is 375 g/mol. The Kier molecular flexibility index (Phi) is 14.3. The molecule has 0 aliphatic carbocycles. The van der Waals surface area contributed by atoms with Crippen molar-refractivity contribution in [1.82, 2.24) is 4.90 Å². The van der Waals surface area contributed by atoms with E-state index in [0.29, 0.717) is 17.0 Å². The van der Waals surface area contributed by atoms with Crippen LogP contribution in [0.2, 0.25) is 0 Å². The van der Waals surface area contributed by atoms with Gasteiger partial charge in [-0.25, -0.2) is 0 Å². The minimum atomic E-state index is 0.305. The highest BCUT2D eigenvalue weighted by atomic mass is 32.2. The molecule has 0 heterocycles. The molecule has 0 aliphatic heterocycles. The van der Waals surface area contributed by atoms with Crippen LogP contribution in [0.3, 0.4) is 0 Å². The van der Waals surface area contributed by atoms with E-state index in [9.17, 15) is 0 Å². The van der Waals surface area contributed by atoms with Gasteiger partial charge in [0, 0.05) is 20.3 Å². The molecule has 0 aliphatic rings. The number of nitrogens with zero attached hydrogens (tertiary/aromatic N) is 1. The molecule has 0 saturated heterocycles. The Labute approximate surface area is 156 Å². The highest BCUT2D eigenvalue weighted by molar-refractivity contribution is 8.22. The zero-order chi connectivity index (χ0) is 18.6. The van der Waals surface area contributed by atoms with Gasteiger partial charge in [0.2, 0.25) is 0 Å². The first-order valence-electron chi connectivity index (χ1n) is 7.92. The summed E-state index contributed by atoms with van der Waals surface area (Å²) in [5.41, 5.74) is 1.98. The molecule has 0 aromatic rings. The third-order valence-corrected chi connectivity index (χ3v) is 5.12. The number of hydrogen-bond acceptors (Lipinski definition) is 3. The van der Waals surface area contributed by atoms with E-state index in [1.54, 1.807) is 11.8 Å². The van der Waals surface area contributed by atoms with Crippen molar-refractivity contribution >= 4 is 43.8 Å². The maximum absolute atomic E-state index is 7.15. The minimum absolute atomic E-state index is 0.305. The number of allylic oxidation sites excluding steroid dienone is 3. The summed E-state index contributed by atoms with van der Waals surface area (Å²) in [5.74, 6) is 1.53. The lowest BCUT2D eigenvalue weighted by Crippen LogP contribution is -2.20. The molecule has 0 rings (SSSR count). The molecule has 23 heavy (non-hydrogen) atoms. The van der Waals surface area contributed by atoms with Crippen LogP contribution in [0.5, 0.6) is 0 Å². The van der Waals surface area contributed by atoms with Crippen molar-refractivity contribution in [3.63, 3.8) is 0 Å². The fourth-order valence-corrected chi connectivity index (χ4v) is 3.18. The first-order valence-corrected chi connectivity index (χ1v) is 9.98. The molecule has 0 spiro atoms. The van der Waals surface area contributed by atoms with E-state index in [2.05, 4.69) is 50.4 Å². The fraction of sp³-hybridized carbons (Fsp3) is 0.667. The number of thiocarbonyl (C=S) groups is 1. The first kappa shape index (κ1) is 25.1. The van der Waals surface area contributed by atoms with Crippen LogP contribution in [0.25, 0.3) is 0 Å². The summed E-state index contributed by atoms with van der Waals surface area (Å²) in [5, 5.41) is 7.15. The zero-order valence-electron chi connectivity index (χ0n) is 15.8. The minimum Gasteiger partial charge on any atom is -0.364 e. The molecule has 0 saturated carbocycles. The van der Waals surface area contributed by atoms with Crippen LogP contribution in [0, 0.1) is 16.7 Å². The molecular formula is C18H35N2PS2. The zero-order valence-corrected chi connectivity index (χ0v) is 18.6. The normalized spacial score (nSPS) is 14.2. The second-order valence-electron chi connectivity index (χ2n) is 6.86. The van der Waals surface area contributed by atoms with Crippen molar-refractivity contribution in [1.29, 1.82) is 5.41 Å². The van der Waals surface area contributed by atoms with Crippen LogP contribution < -0.4 is 0 Å².